The zero-order valence-corrected chi connectivity index (χ0v) is 15.4. The number of para-hydroxylation sites is 1. The van der Waals surface area contributed by atoms with Gasteiger partial charge in [-0.1, -0.05) is 42.5 Å². The zero-order valence-electron chi connectivity index (χ0n) is 13.2. The summed E-state index contributed by atoms with van der Waals surface area (Å²) < 4.78 is 1.05. The molecule has 0 heterocycles. The van der Waals surface area contributed by atoms with Crippen LogP contribution in [0.15, 0.2) is 54.6 Å². The van der Waals surface area contributed by atoms with Crippen molar-refractivity contribution in [1.82, 2.24) is 4.90 Å². The van der Waals surface area contributed by atoms with Gasteiger partial charge in [0.1, 0.15) is 0 Å². The number of hydrogen-bond donors (Lipinski definition) is 1. The molecule has 1 aliphatic carbocycles. The molecule has 0 aliphatic heterocycles. The lowest BCUT2D eigenvalue weighted by atomic mass is 10.1. The molecule has 3 nitrogen and oxygen atoms in total. The average molecular weight is 420 g/mol. The van der Waals surface area contributed by atoms with E-state index in [0.29, 0.717) is 12.5 Å². The molecule has 0 saturated heterocycles. The summed E-state index contributed by atoms with van der Waals surface area (Å²) in [5, 5.41) is 3.07. The van der Waals surface area contributed by atoms with E-state index in [1.165, 1.54) is 12.8 Å². The molecule has 0 aromatic heterocycles. The Hall–Kier alpha value is -1.56. The Bertz CT molecular complexity index is 670. The molecule has 120 valence electrons. The van der Waals surface area contributed by atoms with E-state index in [4.69, 9.17) is 0 Å². The Labute approximate surface area is 151 Å². The zero-order chi connectivity index (χ0) is 16.2. The minimum absolute atomic E-state index is 0.0163. The Balaban J connectivity index is 1.77. The van der Waals surface area contributed by atoms with Crippen LogP contribution < -0.4 is 5.32 Å². The van der Waals surface area contributed by atoms with Gasteiger partial charge in [0, 0.05) is 16.2 Å². The van der Waals surface area contributed by atoms with Crippen molar-refractivity contribution in [2.75, 3.05) is 5.32 Å². The number of anilines is 1. The molecule has 3 rings (SSSR count). The second kappa shape index (κ2) is 7.34. The first kappa shape index (κ1) is 16.3. The predicted molar refractivity (Wildman–Crippen MR) is 102 cm³/mol. The number of benzene rings is 2. The van der Waals surface area contributed by atoms with E-state index >= 15 is 0 Å². The summed E-state index contributed by atoms with van der Waals surface area (Å²) >= 11 is 2.25. The normalized spacial score (nSPS) is 15.0. The van der Waals surface area contributed by atoms with Crippen LogP contribution in [0.4, 0.5) is 10.5 Å². The van der Waals surface area contributed by atoms with Gasteiger partial charge in [-0.15, -0.1) is 0 Å². The van der Waals surface area contributed by atoms with E-state index in [1.807, 2.05) is 47.4 Å². The van der Waals surface area contributed by atoms with E-state index in [-0.39, 0.29) is 12.1 Å². The molecular weight excluding hydrogens is 399 g/mol. The largest absolute Gasteiger partial charge is 0.322 e. The quantitative estimate of drug-likeness (QED) is 0.669. The minimum Gasteiger partial charge on any atom is -0.317 e. The third kappa shape index (κ3) is 4.25. The summed E-state index contributed by atoms with van der Waals surface area (Å²) in [7, 11) is 0. The summed E-state index contributed by atoms with van der Waals surface area (Å²) in [6, 6.07) is 18.3. The SMILES string of the molecule is CC(C1CC1)N(Cc1ccccc1)C(=O)Nc1ccccc1I. The molecule has 1 atom stereocenters. The van der Waals surface area contributed by atoms with Crippen LogP contribution >= 0.6 is 22.6 Å². The standard InChI is InChI=1S/C19H21IN2O/c1-14(16-11-12-16)22(13-15-7-3-2-4-8-15)19(23)21-18-10-6-5-9-17(18)20/h2-10,14,16H,11-13H2,1H3,(H,21,23). The molecular formula is C19H21IN2O. The molecule has 2 aromatic rings. The summed E-state index contributed by atoms with van der Waals surface area (Å²) in [5.41, 5.74) is 2.04. The fraction of sp³-hybridized carbons (Fsp3) is 0.316. The number of rotatable bonds is 5. The van der Waals surface area contributed by atoms with Gasteiger partial charge in [0.15, 0.2) is 0 Å². The van der Waals surface area contributed by atoms with Crippen LogP contribution in [0.25, 0.3) is 0 Å². The van der Waals surface area contributed by atoms with Crippen LogP contribution in [0.2, 0.25) is 0 Å². The summed E-state index contributed by atoms with van der Waals surface area (Å²) in [4.78, 5) is 14.8. The highest BCUT2D eigenvalue weighted by molar-refractivity contribution is 14.1. The van der Waals surface area contributed by atoms with Crippen molar-refractivity contribution in [3.8, 4) is 0 Å². The second-order valence-corrected chi connectivity index (χ2v) is 7.26. The Morgan fingerprint density at radius 2 is 1.83 bits per heavy atom. The number of carbonyl (C=O) groups is 1. The summed E-state index contributed by atoms with van der Waals surface area (Å²) in [5.74, 6) is 0.638. The van der Waals surface area contributed by atoms with Crippen LogP contribution in [-0.4, -0.2) is 17.0 Å². The Kier molecular flexibility index (Phi) is 5.20. The molecule has 1 unspecified atom stereocenters. The smallest absolute Gasteiger partial charge is 0.317 e. The molecule has 2 aromatic carbocycles. The lowest BCUT2D eigenvalue weighted by Crippen LogP contribution is -2.42. The topological polar surface area (TPSA) is 32.3 Å². The molecule has 0 radical (unpaired) electrons. The van der Waals surface area contributed by atoms with Gasteiger partial charge in [-0.3, -0.25) is 0 Å². The first-order valence-corrected chi connectivity index (χ1v) is 9.09. The maximum atomic E-state index is 12.9. The van der Waals surface area contributed by atoms with Crippen LogP contribution in [0.5, 0.6) is 0 Å². The third-order valence-corrected chi connectivity index (χ3v) is 5.31. The molecule has 1 aliphatic rings. The molecule has 1 fully saturated rings. The van der Waals surface area contributed by atoms with Gasteiger partial charge in [-0.25, -0.2) is 4.79 Å². The molecule has 1 N–H and O–H groups in total. The van der Waals surface area contributed by atoms with Crippen molar-refractivity contribution in [3.05, 3.63) is 63.7 Å². The van der Waals surface area contributed by atoms with Crippen molar-refractivity contribution < 1.29 is 4.79 Å². The molecule has 1 saturated carbocycles. The number of halogens is 1. The summed E-state index contributed by atoms with van der Waals surface area (Å²) in [6.07, 6.45) is 2.45. The van der Waals surface area contributed by atoms with Crippen LogP contribution in [-0.2, 0) is 6.54 Å². The van der Waals surface area contributed by atoms with Gasteiger partial charge >= 0.3 is 6.03 Å². The second-order valence-electron chi connectivity index (χ2n) is 6.10. The van der Waals surface area contributed by atoms with Crippen LogP contribution in [0, 0.1) is 9.49 Å². The lowest BCUT2D eigenvalue weighted by molar-refractivity contribution is 0.180. The van der Waals surface area contributed by atoms with E-state index in [0.717, 1.165) is 14.8 Å². The van der Waals surface area contributed by atoms with Gasteiger partial charge in [0.2, 0.25) is 0 Å². The van der Waals surface area contributed by atoms with E-state index in [2.05, 4.69) is 47.0 Å². The number of nitrogens with zero attached hydrogens (tertiary/aromatic N) is 1. The number of carbonyl (C=O) groups excluding carboxylic acids is 1. The van der Waals surface area contributed by atoms with Gasteiger partial charge in [0.25, 0.3) is 0 Å². The maximum absolute atomic E-state index is 12.9. The maximum Gasteiger partial charge on any atom is 0.322 e. The molecule has 4 heteroatoms. The highest BCUT2D eigenvalue weighted by Gasteiger charge is 2.34. The van der Waals surface area contributed by atoms with E-state index < -0.39 is 0 Å². The van der Waals surface area contributed by atoms with Gasteiger partial charge in [0.05, 0.1) is 5.69 Å². The highest BCUT2D eigenvalue weighted by atomic mass is 127. The average Bonchev–Trinajstić information content (AvgIpc) is 3.40. The third-order valence-electron chi connectivity index (χ3n) is 4.37. The lowest BCUT2D eigenvalue weighted by Gasteiger charge is -2.30. The minimum atomic E-state index is -0.0163. The number of urea groups is 1. The fourth-order valence-corrected chi connectivity index (χ4v) is 3.29. The monoisotopic (exact) mass is 420 g/mol. The molecule has 2 amide bonds. The van der Waals surface area contributed by atoms with Crippen LogP contribution in [0.3, 0.4) is 0 Å². The molecule has 23 heavy (non-hydrogen) atoms. The van der Waals surface area contributed by atoms with Gasteiger partial charge in [-0.05, 0) is 66.0 Å². The van der Waals surface area contributed by atoms with Crippen molar-refractivity contribution in [1.29, 1.82) is 0 Å². The van der Waals surface area contributed by atoms with Crippen molar-refractivity contribution in [3.63, 3.8) is 0 Å². The van der Waals surface area contributed by atoms with Crippen molar-refractivity contribution in [2.24, 2.45) is 5.92 Å². The van der Waals surface area contributed by atoms with Gasteiger partial charge in [-0.2, -0.15) is 0 Å². The van der Waals surface area contributed by atoms with Gasteiger partial charge < -0.3 is 10.2 Å². The highest BCUT2D eigenvalue weighted by Crippen LogP contribution is 2.36. The first-order valence-electron chi connectivity index (χ1n) is 8.01. The van der Waals surface area contributed by atoms with Crippen molar-refractivity contribution in [2.45, 2.75) is 32.4 Å². The Morgan fingerprint density at radius 1 is 1.17 bits per heavy atom. The number of nitrogens with one attached hydrogen (secondary N) is 1. The Morgan fingerprint density at radius 3 is 2.48 bits per heavy atom. The van der Waals surface area contributed by atoms with Crippen molar-refractivity contribution >= 4 is 34.3 Å². The van der Waals surface area contributed by atoms with E-state index in [1.54, 1.807) is 0 Å². The number of hydrogen-bond acceptors (Lipinski definition) is 1. The first-order chi connectivity index (χ1) is 11.1. The predicted octanol–water partition coefficient (Wildman–Crippen LogP) is 5.12. The molecule has 0 bridgehead atoms. The summed E-state index contributed by atoms with van der Waals surface area (Å²) in [6.45, 7) is 2.81. The van der Waals surface area contributed by atoms with Crippen LogP contribution in [0.1, 0.15) is 25.3 Å². The molecule has 0 spiro atoms. The number of amides is 2. The van der Waals surface area contributed by atoms with E-state index in [9.17, 15) is 4.79 Å². The fourth-order valence-electron chi connectivity index (χ4n) is 2.76.